The minimum Gasteiger partial charge on any atom is -0.479 e. The quantitative estimate of drug-likeness (QED) is 0.491. The SMILES string of the molecule is CC(CNC(=O)C(C)Oc1ccc(Cl)cc1Cl)NC(=O)C(C)Oc1ccc(Cl)cc1Cl. The van der Waals surface area contributed by atoms with Gasteiger partial charge in [-0.25, -0.2) is 0 Å². The molecule has 0 aliphatic carbocycles. The number of halogens is 4. The normalized spacial score (nSPS) is 13.6. The average molecular weight is 508 g/mol. The van der Waals surface area contributed by atoms with Crippen LogP contribution in [-0.2, 0) is 9.59 Å². The first-order chi connectivity index (χ1) is 14.6. The van der Waals surface area contributed by atoms with Crippen molar-refractivity contribution in [2.45, 2.75) is 39.0 Å². The Kier molecular flexibility index (Phi) is 9.56. The van der Waals surface area contributed by atoms with Crippen molar-refractivity contribution < 1.29 is 19.1 Å². The van der Waals surface area contributed by atoms with Gasteiger partial charge in [-0.05, 0) is 57.2 Å². The molecule has 2 N–H and O–H groups in total. The molecular weight excluding hydrogens is 486 g/mol. The highest BCUT2D eigenvalue weighted by Gasteiger charge is 2.20. The summed E-state index contributed by atoms with van der Waals surface area (Å²) in [5, 5.41) is 7.04. The predicted molar refractivity (Wildman–Crippen MR) is 124 cm³/mol. The summed E-state index contributed by atoms with van der Waals surface area (Å²) in [5.41, 5.74) is 0. The first-order valence-corrected chi connectivity index (χ1v) is 10.9. The van der Waals surface area contributed by atoms with E-state index in [1.54, 1.807) is 45.0 Å². The van der Waals surface area contributed by atoms with Crippen LogP contribution in [0.2, 0.25) is 20.1 Å². The molecule has 31 heavy (non-hydrogen) atoms. The molecule has 2 amide bonds. The van der Waals surface area contributed by atoms with Crippen LogP contribution in [0.25, 0.3) is 0 Å². The predicted octanol–water partition coefficient (Wildman–Crippen LogP) is 5.16. The van der Waals surface area contributed by atoms with Gasteiger partial charge in [0, 0.05) is 22.6 Å². The number of carbonyl (C=O) groups is 2. The van der Waals surface area contributed by atoms with Crippen LogP contribution in [-0.4, -0.2) is 36.6 Å². The minimum absolute atomic E-state index is 0.195. The van der Waals surface area contributed by atoms with Crippen LogP contribution < -0.4 is 20.1 Å². The highest BCUT2D eigenvalue weighted by atomic mass is 35.5. The van der Waals surface area contributed by atoms with E-state index in [-0.39, 0.29) is 24.4 Å². The molecule has 0 saturated heterocycles. The summed E-state index contributed by atoms with van der Waals surface area (Å²) in [4.78, 5) is 24.6. The molecule has 0 heterocycles. The monoisotopic (exact) mass is 506 g/mol. The lowest BCUT2D eigenvalue weighted by Crippen LogP contribution is -2.48. The molecule has 168 valence electrons. The Labute approximate surface area is 201 Å². The van der Waals surface area contributed by atoms with E-state index in [2.05, 4.69) is 10.6 Å². The van der Waals surface area contributed by atoms with Crippen molar-refractivity contribution in [3.63, 3.8) is 0 Å². The van der Waals surface area contributed by atoms with Gasteiger partial charge in [-0.15, -0.1) is 0 Å². The molecule has 0 aliphatic heterocycles. The van der Waals surface area contributed by atoms with Gasteiger partial charge in [-0.3, -0.25) is 9.59 Å². The second kappa shape index (κ2) is 11.7. The molecule has 2 aromatic rings. The fourth-order valence-electron chi connectivity index (χ4n) is 2.44. The van der Waals surface area contributed by atoms with Crippen LogP contribution in [0.3, 0.4) is 0 Å². The zero-order chi connectivity index (χ0) is 23.1. The van der Waals surface area contributed by atoms with Crippen LogP contribution in [0.4, 0.5) is 0 Å². The lowest BCUT2D eigenvalue weighted by molar-refractivity contribution is -0.129. The Balaban J connectivity index is 1.79. The molecule has 3 unspecified atom stereocenters. The molecule has 10 heteroatoms. The molecule has 3 atom stereocenters. The van der Waals surface area contributed by atoms with Crippen molar-refractivity contribution in [1.82, 2.24) is 10.6 Å². The zero-order valence-corrected chi connectivity index (χ0v) is 20.1. The van der Waals surface area contributed by atoms with Crippen molar-refractivity contribution in [3.05, 3.63) is 56.5 Å². The van der Waals surface area contributed by atoms with Gasteiger partial charge in [-0.1, -0.05) is 46.4 Å². The summed E-state index contributed by atoms with van der Waals surface area (Å²) < 4.78 is 11.1. The topological polar surface area (TPSA) is 76.7 Å². The van der Waals surface area contributed by atoms with Gasteiger partial charge in [0.25, 0.3) is 11.8 Å². The van der Waals surface area contributed by atoms with Gasteiger partial charge in [0.05, 0.1) is 10.0 Å². The highest BCUT2D eigenvalue weighted by molar-refractivity contribution is 6.36. The number of ether oxygens (including phenoxy) is 2. The number of hydrogen-bond acceptors (Lipinski definition) is 4. The maximum Gasteiger partial charge on any atom is 0.261 e. The Morgan fingerprint density at radius 3 is 1.71 bits per heavy atom. The molecule has 0 spiro atoms. The van der Waals surface area contributed by atoms with Crippen molar-refractivity contribution >= 4 is 58.2 Å². The molecule has 2 rings (SSSR count). The van der Waals surface area contributed by atoms with E-state index in [0.29, 0.717) is 31.6 Å². The Morgan fingerprint density at radius 1 is 0.806 bits per heavy atom. The van der Waals surface area contributed by atoms with E-state index >= 15 is 0 Å². The van der Waals surface area contributed by atoms with Crippen LogP contribution in [0.5, 0.6) is 11.5 Å². The molecule has 0 aromatic heterocycles. The number of rotatable bonds is 9. The summed E-state index contributed by atoms with van der Waals surface area (Å²) in [6, 6.07) is 9.12. The maximum atomic E-state index is 12.4. The second-order valence-electron chi connectivity index (χ2n) is 6.82. The summed E-state index contributed by atoms with van der Waals surface area (Å²) in [5.74, 6) is -0.0159. The molecule has 0 fully saturated rings. The van der Waals surface area contributed by atoms with Gasteiger partial charge in [0.2, 0.25) is 0 Å². The number of amides is 2. The minimum atomic E-state index is -0.800. The summed E-state index contributed by atoms with van der Waals surface area (Å²) in [6.45, 7) is 5.13. The summed E-state index contributed by atoms with van der Waals surface area (Å²) in [6.07, 6.45) is -1.60. The van der Waals surface area contributed by atoms with Gasteiger partial charge in [0.1, 0.15) is 11.5 Å². The number of benzene rings is 2. The Morgan fingerprint density at radius 2 is 1.26 bits per heavy atom. The van der Waals surface area contributed by atoms with E-state index in [9.17, 15) is 9.59 Å². The Bertz CT molecular complexity index is 942. The highest BCUT2D eigenvalue weighted by Crippen LogP contribution is 2.29. The van der Waals surface area contributed by atoms with Crippen molar-refractivity contribution in [2.75, 3.05) is 6.54 Å². The van der Waals surface area contributed by atoms with Gasteiger partial charge in [-0.2, -0.15) is 0 Å². The number of hydrogen-bond donors (Lipinski definition) is 2. The molecule has 0 saturated carbocycles. The zero-order valence-electron chi connectivity index (χ0n) is 17.0. The summed E-state index contributed by atoms with van der Waals surface area (Å²) >= 11 is 23.8. The van der Waals surface area contributed by atoms with E-state index in [0.717, 1.165) is 0 Å². The van der Waals surface area contributed by atoms with E-state index < -0.39 is 12.2 Å². The third kappa shape index (κ3) is 7.96. The molecule has 2 aromatic carbocycles. The molecular formula is C21H22Cl4N2O4. The largest absolute Gasteiger partial charge is 0.479 e. The maximum absolute atomic E-state index is 12.4. The van der Waals surface area contributed by atoms with Crippen LogP contribution in [0, 0.1) is 0 Å². The van der Waals surface area contributed by atoms with Crippen molar-refractivity contribution in [1.29, 1.82) is 0 Å². The van der Waals surface area contributed by atoms with Gasteiger partial charge >= 0.3 is 0 Å². The molecule has 0 aliphatic rings. The van der Waals surface area contributed by atoms with E-state index in [1.165, 1.54) is 12.1 Å². The first-order valence-electron chi connectivity index (χ1n) is 9.38. The average Bonchev–Trinajstić information content (AvgIpc) is 2.70. The molecule has 0 bridgehead atoms. The summed E-state index contributed by atoms with van der Waals surface area (Å²) in [7, 11) is 0. The van der Waals surface area contributed by atoms with Gasteiger partial charge in [0.15, 0.2) is 12.2 Å². The van der Waals surface area contributed by atoms with Gasteiger partial charge < -0.3 is 20.1 Å². The standard InChI is InChI=1S/C21H22Cl4N2O4/c1-11(27-21(29)13(3)31-19-7-5-15(23)9-17(19)25)10-26-20(28)12(2)30-18-6-4-14(22)8-16(18)24/h4-9,11-13H,10H2,1-3H3,(H,26,28)(H,27,29). The van der Waals surface area contributed by atoms with Crippen LogP contribution in [0.15, 0.2) is 36.4 Å². The lowest BCUT2D eigenvalue weighted by atomic mass is 10.2. The smallest absolute Gasteiger partial charge is 0.261 e. The lowest BCUT2D eigenvalue weighted by Gasteiger charge is -2.21. The van der Waals surface area contributed by atoms with Crippen molar-refractivity contribution in [2.24, 2.45) is 0 Å². The molecule has 6 nitrogen and oxygen atoms in total. The first kappa shape index (κ1) is 25.4. The second-order valence-corrected chi connectivity index (χ2v) is 8.51. The number of nitrogens with one attached hydrogen (secondary N) is 2. The fraction of sp³-hybridized carbons (Fsp3) is 0.333. The third-order valence-corrected chi connectivity index (χ3v) is 5.17. The van der Waals surface area contributed by atoms with Crippen LogP contribution >= 0.6 is 46.4 Å². The van der Waals surface area contributed by atoms with Crippen LogP contribution in [0.1, 0.15) is 20.8 Å². The van der Waals surface area contributed by atoms with E-state index in [4.69, 9.17) is 55.9 Å². The van der Waals surface area contributed by atoms with E-state index in [1.807, 2.05) is 0 Å². The third-order valence-electron chi connectivity index (χ3n) is 4.10. The number of carbonyl (C=O) groups excluding carboxylic acids is 2. The van der Waals surface area contributed by atoms with Crippen molar-refractivity contribution in [3.8, 4) is 11.5 Å². The molecule has 0 radical (unpaired) electrons. The fourth-order valence-corrected chi connectivity index (χ4v) is 3.34. The Hall–Kier alpha value is -1.86.